The number of nitrogens with zero attached hydrogens (tertiary/aromatic N) is 1. The molecule has 0 aliphatic rings. The SMILES string of the molecule is CN=C(NCCCOc1ccccc1)NCc1cc(Br)c(OC)c(OC)c1. The molecule has 6 nitrogen and oxygen atoms in total. The van der Waals surface area contributed by atoms with Crippen molar-refractivity contribution in [3.8, 4) is 17.2 Å². The summed E-state index contributed by atoms with van der Waals surface area (Å²) in [5.74, 6) is 2.99. The van der Waals surface area contributed by atoms with Crippen LogP contribution < -0.4 is 24.8 Å². The Morgan fingerprint density at radius 1 is 1.07 bits per heavy atom. The van der Waals surface area contributed by atoms with Gasteiger partial charge in [0, 0.05) is 20.1 Å². The number of aliphatic imine (C=N–C) groups is 1. The number of nitrogens with one attached hydrogen (secondary N) is 2. The van der Waals surface area contributed by atoms with Gasteiger partial charge in [-0.2, -0.15) is 0 Å². The standard InChI is InChI=1S/C20H26BrN3O3/c1-22-20(23-10-7-11-27-16-8-5-4-6-9-16)24-14-15-12-17(21)19(26-3)18(13-15)25-2/h4-6,8-9,12-13H,7,10-11,14H2,1-3H3,(H2,22,23,24). The molecule has 0 heterocycles. The Kier molecular flexibility index (Phi) is 8.77. The summed E-state index contributed by atoms with van der Waals surface area (Å²) >= 11 is 3.51. The van der Waals surface area contributed by atoms with Gasteiger partial charge in [-0.15, -0.1) is 0 Å². The highest BCUT2D eigenvalue weighted by Crippen LogP contribution is 2.36. The highest BCUT2D eigenvalue weighted by Gasteiger charge is 2.10. The van der Waals surface area contributed by atoms with E-state index in [2.05, 4.69) is 31.6 Å². The highest BCUT2D eigenvalue weighted by molar-refractivity contribution is 9.10. The lowest BCUT2D eigenvalue weighted by Gasteiger charge is -2.15. The third-order valence-corrected chi connectivity index (χ3v) is 4.39. The predicted molar refractivity (Wildman–Crippen MR) is 112 cm³/mol. The summed E-state index contributed by atoms with van der Waals surface area (Å²) in [6.07, 6.45) is 0.873. The zero-order valence-corrected chi connectivity index (χ0v) is 17.5. The molecule has 0 aliphatic heterocycles. The molecule has 2 rings (SSSR count). The van der Waals surface area contributed by atoms with Crippen LogP contribution in [0.4, 0.5) is 0 Å². The van der Waals surface area contributed by atoms with Gasteiger partial charge in [0.25, 0.3) is 0 Å². The van der Waals surface area contributed by atoms with Crippen LogP contribution in [-0.2, 0) is 6.54 Å². The molecule has 0 fully saturated rings. The molecule has 27 heavy (non-hydrogen) atoms. The van der Waals surface area contributed by atoms with Crippen LogP contribution in [0.25, 0.3) is 0 Å². The molecule has 7 heteroatoms. The van der Waals surface area contributed by atoms with E-state index < -0.39 is 0 Å². The minimum Gasteiger partial charge on any atom is -0.494 e. The van der Waals surface area contributed by atoms with E-state index in [4.69, 9.17) is 14.2 Å². The molecule has 2 aromatic rings. The number of guanidine groups is 1. The van der Waals surface area contributed by atoms with Crippen molar-refractivity contribution in [2.75, 3.05) is 34.4 Å². The summed E-state index contributed by atoms with van der Waals surface area (Å²) in [7, 11) is 4.99. The fourth-order valence-corrected chi connectivity index (χ4v) is 3.12. The third-order valence-electron chi connectivity index (χ3n) is 3.80. The summed E-state index contributed by atoms with van der Waals surface area (Å²) in [5, 5.41) is 6.57. The number of para-hydroxylation sites is 1. The quantitative estimate of drug-likeness (QED) is 0.357. The van der Waals surface area contributed by atoms with Gasteiger partial charge in [0.05, 0.1) is 25.3 Å². The summed E-state index contributed by atoms with van der Waals surface area (Å²) in [6, 6.07) is 13.7. The zero-order valence-electron chi connectivity index (χ0n) is 15.9. The zero-order chi connectivity index (χ0) is 19.5. The van der Waals surface area contributed by atoms with Gasteiger partial charge in [-0.3, -0.25) is 4.99 Å². The van der Waals surface area contributed by atoms with Crippen molar-refractivity contribution >= 4 is 21.9 Å². The minimum absolute atomic E-state index is 0.610. The maximum Gasteiger partial charge on any atom is 0.191 e. The number of benzene rings is 2. The fraction of sp³-hybridized carbons (Fsp3) is 0.350. The first-order chi connectivity index (χ1) is 13.2. The van der Waals surface area contributed by atoms with Gasteiger partial charge in [-0.25, -0.2) is 0 Å². The van der Waals surface area contributed by atoms with Crippen LogP contribution in [0.3, 0.4) is 0 Å². The Morgan fingerprint density at radius 2 is 1.85 bits per heavy atom. The summed E-state index contributed by atoms with van der Waals surface area (Å²) in [6.45, 7) is 2.03. The average Bonchev–Trinajstić information content (AvgIpc) is 2.70. The average molecular weight is 436 g/mol. The van der Waals surface area contributed by atoms with Crippen LogP contribution in [0.2, 0.25) is 0 Å². The van der Waals surface area contributed by atoms with E-state index in [0.29, 0.717) is 24.7 Å². The first-order valence-electron chi connectivity index (χ1n) is 8.70. The number of ether oxygens (including phenoxy) is 3. The van der Waals surface area contributed by atoms with Gasteiger partial charge in [-0.1, -0.05) is 18.2 Å². The van der Waals surface area contributed by atoms with Gasteiger partial charge in [0.15, 0.2) is 17.5 Å². The molecular formula is C20H26BrN3O3. The largest absolute Gasteiger partial charge is 0.494 e. The normalized spacial score (nSPS) is 11.0. The Hall–Kier alpha value is -2.41. The first kappa shape index (κ1) is 20.9. The van der Waals surface area contributed by atoms with Crippen LogP contribution >= 0.6 is 15.9 Å². The molecule has 0 spiro atoms. The number of hydrogen-bond donors (Lipinski definition) is 2. The second kappa shape index (κ2) is 11.3. The number of hydrogen-bond acceptors (Lipinski definition) is 4. The lowest BCUT2D eigenvalue weighted by Crippen LogP contribution is -2.37. The molecule has 0 aliphatic carbocycles. The predicted octanol–water partition coefficient (Wildman–Crippen LogP) is 3.60. The van der Waals surface area contributed by atoms with Crippen molar-refractivity contribution < 1.29 is 14.2 Å². The molecule has 2 N–H and O–H groups in total. The topological polar surface area (TPSA) is 64.1 Å². The second-order valence-electron chi connectivity index (χ2n) is 5.68. The molecule has 0 unspecified atom stereocenters. The summed E-state index contributed by atoms with van der Waals surface area (Å²) in [4.78, 5) is 4.24. The number of rotatable bonds is 9. The van der Waals surface area contributed by atoms with Crippen molar-refractivity contribution in [2.45, 2.75) is 13.0 Å². The molecule has 0 aromatic heterocycles. The Labute approximate surface area is 169 Å². The first-order valence-corrected chi connectivity index (χ1v) is 9.50. The van der Waals surface area contributed by atoms with Crippen LogP contribution in [0.15, 0.2) is 51.9 Å². The molecule has 146 valence electrons. The molecule has 0 amide bonds. The molecule has 0 radical (unpaired) electrons. The van der Waals surface area contributed by atoms with E-state index in [1.165, 1.54) is 0 Å². The molecule has 0 saturated carbocycles. The van der Waals surface area contributed by atoms with Crippen molar-refractivity contribution in [1.82, 2.24) is 10.6 Å². The minimum atomic E-state index is 0.610. The molecule has 0 bridgehead atoms. The van der Waals surface area contributed by atoms with E-state index in [0.717, 1.165) is 34.7 Å². The fourth-order valence-electron chi connectivity index (χ4n) is 2.47. The molecular weight excluding hydrogens is 410 g/mol. The van der Waals surface area contributed by atoms with E-state index in [1.54, 1.807) is 21.3 Å². The monoisotopic (exact) mass is 435 g/mol. The van der Waals surface area contributed by atoms with Gasteiger partial charge in [-0.05, 0) is 52.2 Å². The number of halogens is 1. The van der Waals surface area contributed by atoms with Crippen LogP contribution in [0.5, 0.6) is 17.2 Å². The maximum absolute atomic E-state index is 5.68. The molecule has 0 atom stereocenters. The Bertz CT molecular complexity index is 739. The molecule has 0 saturated heterocycles. The maximum atomic E-state index is 5.68. The van der Waals surface area contributed by atoms with Gasteiger partial charge in [0.2, 0.25) is 0 Å². The van der Waals surface area contributed by atoms with Crippen LogP contribution in [0, 0.1) is 0 Å². The summed E-state index contributed by atoms with van der Waals surface area (Å²) in [5.41, 5.74) is 1.05. The van der Waals surface area contributed by atoms with Gasteiger partial charge < -0.3 is 24.8 Å². The van der Waals surface area contributed by atoms with E-state index >= 15 is 0 Å². The van der Waals surface area contributed by atoms with E-state index in [-0.39, 0.29) is 0 Å². The summed E-state index contributed by atoms with van der Waals surface area (Å²) < 4.78 is 17.2. The van der Waals surface area contributed by atoms with Crippen molar-refractivity contribution in [3.05, 3.63) is 52.5 Å². The van der Waals surface area contributed by atoms with Crippen LogP contribution in [0.1, 0.15) is 12.0 Å². The van der Waals surface area contributed by atoms with Gasteiger partial charge in [0.1, 0.15) is 5.75 Å². The third kappa shape index (κ3) is 6.67. The lowest BCUT2D eigenvalue weighted by molar-refractivity contribution is 0.311. The van der Waals surface area contributed by atoms with E-state index in [1.807, 2.05) is 42.5 Å². The van der Waals surface area contributed by atoms with Crippen molar-refractivity contribution in [2.24, 2.45) is 4.99 Å². The highest BCUT2D eigenvalue weighted by atomic mass is 79.9. The van der Waals surface area contributed by atoms with Crippen molar-refractivity contribution in [1.29, 1.82) is 0 Å². The molecule has 2 aromatic carbocycles. The number of methoxy groups -OCH3 is 2. The van der Waals surface area contributed by atoms with Gasteiger partial charge >= 0.3 is 0 Å². The second-order valence-corrected chi connectivity index (χ2v) is 6.54. The van der Waals surface area contributed by atoms with Crippen molar-refractivity contribution in [3.63, 3.8) is 0 Å². The Balaban J connectivity index is 1.76. The smallest absolute Gasteiger partial charge is 0.191 e. The van der Waals surface area contributed by atoms with Crippen LogP contribution in [-0.4, -0.2) is 40.4 Å². The lowest BCUT2D eigenvalue weighted by atomic mass is 10.2. The Morgan fingerprint density at radius 3 is 2.52 bits per heavy atom. The van der Waals surface area contributed by atoms with E-state index in [9.17, 15) is 0 Å².